The molecule has 1 atom stereocenters. The number of thiazole rings is 1. The molecule has 0 unspecified atom stereocenters. The van der Waals surface area contributed by atoms with Crippen molar-refractivity contribution in [1.82, 2.24) is 29.8 Å². The van der Waals surface area contributed by atoms with Gasteiger partial charge in [0.15, 0.2) is 11.5 Å². The number of amides is 1. The van der Waals surface area contributed by atoms with Gasteiger partial charge >= 0.3 is 0 Å². The number of nitrogens with one attached hydrogen (secondary N) is 1. The average Bonchev–Trinajstić information content (AvgIpc) is 3.72. The maximum Gasteiger partial charge on any atom is 0.274 e. The fraction of sp³-hybridized carbons (Fsp3) is 0.100. The standard InChI is InChI=1S/C30H22N8O2S/c1-18(35-29(39)26-27(31)34-16-24(36-26)22-11-6-14-33-22)28-37-23-10-5-7-19(12-13-21-15-32-17-41-21)25(23)30(40)38(28)20-8-3-2-4-9-20/h2-5,7-11,14-18H,6H2,1H3,(H2,31,34)(H,35,39)/t18-/m1/s1. The molecule has 41 heavy (non-hydrogen) atoms. The van der Waals surface area contributed by atoms with Gasteiger partial charge in [-0.25, -0.2) is 15.0 Å². The number of aliphatic imine (C=N–C) groups is 1. The van der Waals surface area contributed by atoms with E-state index in [1.165, 1.54) is 22.1 Å². The summed E-state index contributed by atoms with van der Waals surface area (Å²) in [6.45, 7) is 1.75. The van der Waals surface area contributed by atoms with Gasteiger partial charge in [0.2, 0.25) is 0 Å². The number of rotatable bonds is 5. The minimum absolute atomic E-state index is 0.0166. The van der Waals surface area contributed by atoms with Gasteiger partial charge < -0.3 is 11.1 Å². The number of aromatic nitrogens is 5. The van der Waals surface area contributed by atoms with Crippen LogP contribution < -0.4 is 16.6 Å². The Morgan fingerprint density at radius 1 is 1.10 bits per heavy atom. The molecule has 11 heteroatoms. The number of benzene rings is 2. The lowest BCUT2D eigenvalue weighted by Crippen LogP contribution is -2.34. The van der Waals surface area contributed by atoms with Gasteiger partial charge in [0.25, 0.3) is 11.5 Å². The number of fused-ring (bicyclic) bond motifs is 1. The molecule has 0 spiro atoms. The van der Waals surface area contributed by atoms with E-state index in [-0.39, 0.29) is 17.1 Å². The summed E-state index contributed by atoms with van der Waals surface area (Å²) in [7, 11) is 0. The summed E-state index contributed by atoms with van der Waals surface area (Å²) in [6, 6.07) is 13.8. The van der Waals surface area contributed by atoms with E-state index < -0.39 is 11.9 Å². The highest BCUT2D eigenvalue weighted by atomic mass is 32.1. The smallest absolute Gasteiger partial charge is 0.274 e. The van der Waals surface area contributed by atoms with Gasteiger partial charge in [0.05, 0.1) is 51.1 Å². The number of anilines is 1. The minimum Gasteiger partial charge on any atom is -0.382 e. The van der Waals surface area contributed by atoms with Crippen LogP contribution in [-0.4, -0.2) is 36.6 Å². The molecule has 1 aliphatic rings. The molecule has 0 saturated carbocycles. The zero-order chi connectivity index (χ0) is 28.3. The predicted octanol–water partition coefficient (Wildman–Crippen LogP) is 3.92. The van der Waals surface area contributed by atoms with E-state index in [1.807, 2.05) is 24.3 Å². The summed E-state index contributed by atoms with van der Waals surface area (Å²) in [5, 5.41) is 3.27. The van der Waals surface area contributed by atoms with Crippen molar-refractivity contribution in [3.05, 3.63) is 111 Å². The molecule has 1 aliphatic heterocycles. The van der Waals surface area contributed by atoms with Crippen LogP contribution in [-0.2, 0) is 0 Å². The van der Waals surface area contributed by atoms with Crippen molar-refractivity contribution < 1.29 is 4.79 Å². The summed E-state index contributed by atoms with van der Waals surface area (Å²) in [5.74, 6) is 5.93. The van der Waals surface area contributed by atoms with Crippen LogP contribution in [0.1, 0.15) is 51.8 Å². The minimum atomic E-state index is -0.708. The van der Waals surface area contributed by atoms with Crippen LogP contribution in [0.4, 0.5) is 5.82 Å². The highest BCUT2D eigenvalue weighted by molar-refractivity contribution is 7.10. The third kappa shape index (κ3) is 5.11. The first-order valence-corrected chi connectivity index (χ1v) is 13.6. The Balaban J connectivity index is 1.43. The number of hydrogen-bond acceptors (Lipinski definition) is 9. The quantitative estimate of drug-likeness (QED) is 0.312. The van der Waals surface area contributed by atoms with Crippen molar-refractivity contribution in [2.24, 2.45) is 4.99 Å². The van der Waals surface area contributed by atoms with Crippen molar-refractivity contribution in [3.8, 4) is 17.5 Å². The van der Waals surface area contributed by atoms with Crippen LogP contribution in [0.5, 0.6) is 0 Å². The predicted molar refractivity (Wildman–Crippen MR) is 159 cm³/mol. The first-order chi connectivity index (χ1) is 20.0. The largest absolute Gasteiger partial charge is 0.382 e. The molecule has 2 aromatic carbocycles. The van der Waals surface area contributed by atoms with Crippen LogP contribution in [0.25, 0.3) is 22.3 Å². The summed E-state index contributed by atoms with van der Waals surface area (Å²) in [5.41, 5.74) is 10.1. The molecular weight excluding hydrogens is 536 g/mol. The van der Waals surface area contributed by atoms with E-state index in [4.69, 9.17) is 10.7 Å². The second-order valence-corrected chi connectivity index (χ2v) is 9.97. The van der Waals surface area contributed by atoms with Gasteiger partial charge in [0.1, 0.15) is 11.5 Å². The van der Waals surface area contributed by atoms with E-state index in [9.17, 15) is 9.59 Å². The number of carbonyl (C=O) groups is 1. The van der Waals surface area contributed by atoms with Crippen LogP contribution in [0, 0.1) is 11.8 Å². The molecule has 10 nitrogen and oxygen atoms in total. The van der Waals surface area contributed by atoms with Crippen LogP contribution >= 0.6 is 11.3 Å². The molecule has 0 aliphatic carbocycles. The van der Waals surface area contributed by atoms with Crippen LogP contribution in [0.3, 0.4) is 0 Å². The molecular formula is C30H22N8O2S. The zero-order valence-corrected chi connectivity index (χ0v) is 22.6. The van der Waals surface area contributed by atoms with E-state index in [0.717, 1.165) is 4.88 Å². The molecule has 6 rings (SSSR count). The molecule has 0 saturated heterocycles. The fourth-order valence-electron chi connectivity index (χ4n) is 4.43. The lowest BCUT2D eigenvalue weighted by atomic mass is 10.1. The van der Waals surface area contributed by atoms with Crippen LogP contribution in [0.2, 0.25) is 0 Å². The summed E-state index contributed by atoms with van der Waals surface area (Å²) in [4.78, 5) is 50.0. The number of hydrogen-bond donors (Lipinski definition) is 2. The maximum atomic E-state index is 14.1. The lowest BCUT2D eigenvalue weighted by molar-refractivity contribution is 0.0933. The molecule has 5 aromatic rings. The number of allylic oxidation sites excluding steroid dienone is 1. The Bertz CT molecular complexity index is 1970. The molecule has 200 valence electrons. The van der Waals surface area contributed by atoms with Gasteiger partial charge in [-0.3, -0.25) is 24.1 Å². The molecule has 3 aromatic heterocycles. The highest BCUT2D eigenvalue weighted by Gasteiger charge is 2.23. The fourth-order valence-corrected chi connectivity index (χ4v) is 4.90. The topological polar surface area (TPSA) is 141 Å². The SMILES string of the molecule is C[C@@H](NC(=O)c1nc(C2=CCC=N2)cnc1N)c1nc2cccc(C#Cc3cncs3)c2c(=O)n1-c1ccccc1. The number of nitrogens with zero attached hydrogens (tertiary/aromatic N) is 6. The van der Waals surface area contributed by atoms with Crippen molar-refractivity contribution in [2.75, 3.05) is 5.73 Å². The van der Waals surface area contributed by atoms with E-state index in [0.29, 0.717) is 45.8 Å². The average molecular weight is 559 g/mol. The van der Waals surface area contributed by atoms with E-state index in [2.05, 4.69) is 37.1 Å². The molecule has 1 amide bonds. The van der Waals surface area contributed by atoms with Crippen molar-refractivity contribution >= 4 is 45.9 Å². The Hall–Kier alpha value is -5.47. The Labute approximate surface area is 238 Å². The van der Waals surface area contributed by atoms with Gasteiger partial charge in [-0.2, -0.15) is 0 Å². The number of para-hydroxylation sites is 1. The monoisotopic (exact) mass is 558 g/mol. The summed E-state index contributed by atoms with van der Waals surface area (Å²) < 4.78 is 1.49. The van der Waals surface area contributed by atoms with Gasteiger partial charge in [0, 0.05) is 18.2 Å². The molecule has 3 N–H and O–H groups in total. The Kier molecular flexibility index (Phi) is 6.89. The van der Waals surface area contributed by atoms with Crippen molar-refractivity contribution in [2.45, 2.75) is 19.4 Å². The molecule has 0 radical (unpaired) electrons. The summed E-state index contributed by atoms with van der Waals surface area (Å²) >= 11 is 1.42. The molecule has 4 heterocycles. The third-order valence-corrected chi connectivity index (χ3v) is 7.04. The van der Waals surface area contributed by atoms with E-state index in [1.54, 1.807) is 55.2 Å². The van der Waals surface area contributed by atoms with E-state index >= 15 is 0 Å². The van der Waals surface area contributed by atoms with Crippen molar-refractivity contribution in [1.29, 1.82) is 0 Å². The second kappa shape index (κ2) is 11.0. The van der Waals surface area contributed by atoms with Crippen LogP contribution in [0.15, 0.2) is 82.3 Å². The van der Waals surface area contributed by atoms with Gasteiger partial charge in [-0.15, -0.1) is 11.3 Å². The lowest BCUT2D eigenvalue weighted by Gasteiger charge is -2.20. The second-order valence-electron chi connectivity index (χ2n) is 9.08. The first kappa shape index (κ1) is 25.8. The Morgan fingerprint density at radius 2 is 1.95 bits per heavy atom. The highest BCUT2D eigenvalue weighted by Crippen LogP contribution is 2.22. The Morgan fingerprint density at radius 3 is 2.71 bits per heavy atom. The number of nitrogens with two attached hydrogens (primary N) is 1. The molecule has 0 bridgehead atoms. The first-order valence-electron chi connectivity index (χ1n) is 12.7. The maximum absolute atomic E-state index is 14.1. The van der Waals surface area contributed by atoms with Crippen molar-refractivity contribution in [3.63, 3.8) is 0 Å². The summed E-state index contributed by atoms with van der Waals surface area (Å²) in [6.07, 6.45) is 7.48. The molecule has 0 fully saturated rings. The number of carbonyl (C=O) groups excluding carboxylic acids is 1. The zero-order valence-electron chi connectivity index (χ0n) is 21.8. The van der Waals surface area contributed by atoms with Gasteiger partial charge in [-0.05, 0) is 37.1 Å². The third-order valence-electron chi connectivity index (χ3n) is 6.35. The number of nitrogen functional groups attached to an aromatic ring is 1. The van der Waals surface area contributed by atoms with Gasteiger partial charge in [-0.1, -0.05) is 36.3 Å². The normalized spacial score (nSPS) is 13.0.